The Morgan fingerprint density at radius 1 is 0.517 bits per heavy atom. The summed E-state index contributed by atoms with van der Waals surface area (Å²) in [7, 11) is 0. The average Bonchev–Trinajstić information content (AvgIpc) is 3.73. The summed E-state index contributed by atoms with van der Waals surface area (Å²) in [6.45, 7) is 4.27. The van der Waals surface area contributed by atoms with Gasteiger partial charge in [0.1, 0.15) is 22.9 Å². The number of hydrogen-bond donors (Lipinski definition) is 0. The van der Waals surface area contributed by atoms with Crippen molar-refractivity contribution < 1.29 is 13.2 Å². The summed E-state index contributed by atoms with van der Waals surface area (Å²) in [5, 5.41) is 3.70. The minimum absolute atomic E-state index is 0.297. The highest BCUT2D eigenvalue weighted by Gasteiger charge is 2.51. The zero-order valence-corrected chi connectivity index (χ0v) is 34.4. The maximum Gasteiger partial charge on any atom is 0.416 e. The predicted octanol–water partition coefficient (Wildman–Crippen LogP) is 12.7. The molecule has 9 heteroatoms. The van der Waals surface area contributed by atoms with Gasteiger partial charge in [0.15, 0.2) is 0 Å². The van der Waals surface area contributed by atoms with Gasteiger partial charge in [0.2, 0.25) is 0 Å². The van der Waals surface area contributed by atoms with Gasteiger partial charge in [0.05, 0.1) is 28.0 Å². The molecule has 0 N–H and O–H groups in total. The van der Waals surface area contributed by atoms with Crippen LogP contribution >= 0.6 is 0 Å². The minimum Gasteiger partial charge on any atom is -0.294 e. The molecule has 60 heavy (non-hydrogen) atoms. The van der Waals surface area contributed by atoms with Crippen molar-refractivity contribution in [2.75, 3.05) is 0 Å². The molecule has 0 radical (unpaired) electrons. The van der Waals surface area contributed by atoms with Gasteiger partial charge in [-0.2, -0.15) is 13.2 Å². The van der Waals surface area contributed by atoms with Crippen molar-refractivity contribution in [3.63, 3.8) is 0 Å². The SMILES string of the molecule is CCc1ccc2c(c1)c1cnc(C3C4CC5CC(C4)CC3C5)nc1n2-c1cc(-n2c3ccc(CC)cc3c3cnc(C4C5CC6CC(C5)CC4C6)nc32)cc(C(F)(F)F)c1. The van der Waals surface area contributed by atoms with Gasteiger partial charge < -0.3 is 0 Å². The summed E-state index contributed by atoms with van der Waals surface area (Å²) >= 11 is 0. The monoisotopic (exact) mass is 804 g/mol. The van der Waals surface area contributed by atoms with Crippen LogP contribution in [0.3, 0.4) is 0 Å². The van der Waals surface area contributed by atoms with Gasteiger partial charge in [-0.05, 0) is 178 Å². The number of hydrogen-bond acceptors (Lipinski definition) is 4. The average molecular weight is 805 g/mol. The second-order valence-corrected chi connectivity index (χ2v) is 20.2. The Hall–Kier alpha value is -4.79. The smallest absolute Gasteiger partial charge is 0.294 e. The molecule has 7 aromatic rings. The van der Waals surface area contributed by atoms with Crippen LogP contribution in [0.1, 0.15) is 118 Å². The number of benzene rings is 3. The summed E-state index contributed by atoms with van der Waals surface area (Å²) < 4.78 is 50.1. The normalized spacial score (nSPS) is 30.6. The van der Waals surface area contributed by atoms with Crippen LogP contribution in [-0.2, 0) is 19.0 Å². The van der Waals surface area contributed by atoms with Gasteiger partial charge in [-0.15, -0.1) is 0 Å². The molecule has 15 rings (SSSR count). The topological polar surface area (TPSA) is 61.4 Å². The largest absolute Gasteiger partial charge is 0.416 e. The summed E-state index contributed by atoms with van der Waals surface area (Å²) in [4.78, 5) is 21.1. The third-order valence-corrected chi connectivity index (χ3v) is 16.8. The molecular formula is C51H51F3N6. The van der Waals surface area contributed by atoms with Crippen molar-refractivity contribution in [2.24, 2.45) is 47.3 Å². The van der Waals surface area contributed by atoms with E-state index in [4.69, 9.17) is 19.9 Å². The molecule has 6 nitrogen and oxygen atoms in total. The molecule has 4 heterocycles. The first-order chi connectivity index (χ1) is 29.2. The fourth-order valence-corrected chi connectivity index (χ4v) is 14.7. The Morgan fingerprint density at radius 3 is 1.28 bits per heavy atom. The van der Waals surface area contributed by atoms with Crippen molar-refractivity contribution in [3.05, 3.63) is 95.3 Å². The Labute approximate surface area is 348 Å². The van der Waals surface area contributed by atoms with Crippen molar-refractivity contribution in [1.82, 2.24) is 29.1 Å². The third-order valence-electron chi connectivity index (χ3n) is 16.8. The molecule has 0 aliphatic heterocycles. The van der Waals surface area contributed by atoms with E-state index in [0.717, 1.165) is 80.7 Å². The highest BCUT2D eigenvalue weighted by Crippen LogP contribution is 2.61. The molecule has 306 valence electrons. The second kappa shape index (κ2) is 12.9. The lowest BCUT2D eigenvalue weighted by atomic mass is 9.51. The highest BCUT2D eigenvalue weighted by molar-refractivity contribution is 6.09. The van der Waals surface area contributed by atoms with Crippen LogP contribution in [0.4, 0.5) is 13.2 Å². The van der Waals surface area contributed by atoms with Crippen LogP contribution in [0.2, 0.25) is 0 Å². The Morgan fingerprint density at radius 2 is 0.917 bits per heavy atom. The van der Waals surface area contributed by atoms with Crippen LogP contribution in [0.5, 0.6) is 0 Å². The molecule has 3 aromatic carbocycles. The fraction of sp³-hybridized carbons (Fsp3) is 0.490. The van der Waals surface area contributed by atoms with Crippen LogP contribution < -0.4 is 0 Å². The quantitative estimate of drug-likeness (QED) is 0.168. The Balaban J connectivity index is 1.04. The summed E-state index contributed by atoms with van der Waals surface area (Å²) in [5.41, 5.74) is 5.57. The lowest BCUT2D eigenvalue weighted by molar-refractivity contribution is -0.137. The van der Waals surface area contributed by atoms with Crippen molar-refractivity contribution in [1.29, 1.82) is 0 Å². The first kappa shape index (κ1) is 35.9. The molecule has 8 bridgehead atoms. The van der Waals surface area contributed by atoms with Crippen molar-refractivity contribution in [3.8, 4) is 11.4 Å². The lowest BCUT2D eigenvalue weighted by Crippen LogP contribution is -2.44. The molecule has 4 aromatic heterocycles. The van der Waals surface area contributed by atoms with Crippen LogP contribution in [-0.4, -0.2) is 29.1 Å². The maximum absolute atomic E-state index is 15.4. The van der Waals surface area contributed by atoms with E-state index in [2.05, 4.69) is 50.2 Å². The minimum atomic E-state index is -4.59. The van der Waals surface area contributed by atoms with Gasteiger partial charge in [0, 0.05) is 45.8 Å². The van der Waals surface area contributed by atoms with Gasteiger partial charge in [-0.25, -0.2) is 19.9 Å². The Bertz CT molecular complexity index is 2660. The number of rotatable bonds is 6. The highest BCUT2D eigenvalue weighted by atomic mass is 19.4. The van der Waals surface area contributed by atoms with Gasteiger partial charge >= 0.3 is 6.18 Å². The van der Waals surface area contributed by atoms with E-state index in [0.29, 0.717) is 58.2 Å². The standard InChI is InChI=1S/C51H51F3N6/c1-3-26-5-7-43-39(19-26)41-24-55-47(45-32-11-28-9-29(13-32)14-33(45)12-28)57-49(41)59(43)37-21-36(51(52,53)54)22-38(23-37)60-44-8-6-27(4-2)20-40(44)42-25-56-48(58-50(42)60)46-34-15-30-10-31(17-34)18-35(46)16-30/h5-8,19-25,28-35,45-46H,3-4,9-18H2,1-2H3. The molecule has 0 atom stereocenters. The number of alkyl halides is 3. The third kappa shape index (κ3) is 5.31. The zero-order valence-electron chi connectivity index (χ0n) is 34.4. The summed E-state index contributed by atoms with van der Waals surface area (Å²) in [6, 6.07) is 17.2. The number of aromatic nitrogens is 6. The van der Waals surface area contributed by atoms with Crippen LogP contribution in [0, 0.1) is 47.3 Å². The van der Waals surface area contributed by atoms with E-state index in [1.165, 1.54) is 87.5 Å². The lowest BCUT2D eigenvalue weighted by Gasteiger charge is -2.53. The molecular weight excluding hydrogens is 754 g/mol. The first-order valence-electron chi connectivity index (χ1n) is 23.0. The van der Waals surface area contributed by atoms with Crippen molar-refractivity contribution in [2.45, 2.75) is 109 Å². The summed E-state index contributed by atoms with van der Waals surface area (Å²) in [5.74, 6) is 7.93. The number of halogens is 3. The molecule has 8 aliphatic rings. The predicted molar refractivity (Wildman–Crippen MR) is 230 cm³/mol. The van der Waals surface area contributed by atoms with E-state index in [1.807, 2.05) is 27.6 Å². The molecule has 0 unspecified atom stereocenters. The van der Waals surface area contributed by atoms with Gasteiger partial charge in [0.25, 0.3) is 0 Å². The first-order valence-corrected chi connectivity index (χ1v) is 23.0. The van der Waals surface area contributed by atoms with Crippen molar-refractivity contribution >= 4 is 43.9 Å². The molecule has 8 saturated carbocycles. The van der Waals surface area contributed by atoms with Gasteiger partial charge in [-0.1, -0.05) is 26.0 Å². The van der Waals surface area contributed by atoms with E-state index < -0.39 is 11.7 Å². The van der Waals surface area contributed by atoms with Gasteiger partial charge in [-0.3, -0.25) is 9.13 Å². The fourth-order valence-electron chi connectivity index (χ4n) is 14.7. The molecule has 0 spiro atoms. The second-order valence-electron chi connectivity index (χ2n) is 20.2. The number of aryl methyl sites for hydroxylation is 2. The van der Waals surface area contributed by atoms with Crippen LogP contribution in [0.15, 0.2) is 67.0 Å². The summed E-state index contributed by atoms with van der Waals surface area (Å²) in [6.07, 6.45) is 13.7. The molecule has 0 saturated heterocycles. The number of fused-ring (bicyclic) bond motifs is 6. The zero-order chi connectivity index (χ0) is 40.2. The van der Waals surface area contributed by atoms with E-state index in [-0.39, 0.29) is 0 Å². The van der Waals surface area contributed by atoms with E-state index in [9.17, 15) is 0 Å². The van der Waals surface area contributed by atoms with E-state index in [1.54, 1.807) is 0 Å². The Kier molecular flexibility index (Phi) is 7.70. The maximum atomic E-state index is 15.4. The molecule has 8 fully saturated rings. The van der Waals surface area contributed by atoms with E-state index >= 15 is 13.2 Å². The molecule has 0 amide bonds. The number of nitrogens with zero attached hydrogens (tertiary/aromatic N) is 6. The van der Waals surface area contributed by atoms with Crippen LogP contribution in [0.25, 0.3) is 55.2 Å². The molecule has 8 aliphatic carbocycles.